The lowest BCUT2D eigenvalue weighted by atomic mass is 10.0. The lowest BCUT2D eigenvalue weighted by Crippen LogP contribution is -2.24. The zero-order valence-electron chi connectivity index (χ0n) is 12.0. The maximum absolute atomic E-state index is 13.1. The van der Waals surface area contributed by atoms with Crippen LogP contribution in [0.15, 0.2) is 40.9 Å². The summed E-state index contributed by atoms with van der Waals surface area (Å²) in [6.07, 6.45) is 0.875. The van der Waals surface area contributed by atoms with Crippen molar-refractivity contribution in [2.75, 3.05) is 0 Å². The van der Waals surface area contributed by atoms with Gasteiger partial charge in [-0.3, -0.25) is 0 Å². The number of fused-ring (bicyclic) bond motifs is 1. The summed E-state index contributed by atoms with van der Waals surface area (Å²) < 4.78 is 25.6. The Balaban J connectivity index is 1.80. The van der Waals surface area contributed by atoms with Gasteiger partial charge in [0.05, 0.1) is 0 Å². The van der Waals surface area contributed by atoms with Gasteiger partial charge in [-0.05, 0) is 32.0 Å². The van der Waals surface area contributed by atoms with Crippen molar-refractivity contribution in [2.24, 2.45) is 0 Å². The summed E-state index contributed by atoms with van der Waals surface area (Å²) in [5.74, 6) is 1.28. The Morgan fingerprint density at radius 2 is 2.10 bits per heavy atom. The van der Waals surface area contributed by atoms with Crippen molar-refractivity contribution in [1.82, 2.24) is 0 Å². The van der Waals surface area contributed by atoms with Crippen molar-refractivity contribution >= 4 is 15.9 Å². The fourth-order valence-electron chi connectivity index (χ4n) is 2.50. The van der Waals surface area contributed by atoms with Gasteiger partial charge < -0.3 is 9.47 Å². The van der Waals surface area contributed by atoms with Crippen LogP contribution < -0.4 is 9.47 Å². The number of halogens is 2. The lowest BCUT2D eigenvalue weighted by molar-refractivity contribution is 0.131. The Morgan fingerprint density at radius 1 is 1.29 bits per heavy atom. The molecule has 0 atom stereocenters. The van der Waals surface area contributed by atoms with E-state index in [2.05, 4.69) is 35.8 Å². The molecule has 21 heavy (non-hydrogen) atoms. The fourth-order valence-corrected chi connectivity index (χ4v) is 2.96. The third-order valence-electron chi connectivity index (χ3n) is 3.45. The van der Waals surface area contributed by atoms with E-state index < -0.39 is 0 Å². The van der Waals surface area contributed by atoms with Crippen molar-refractivity contribution in [1.29, 1.82) is 0 Å². The van der Waals surface area contributed by atoms with Gasteiger partial charge in [-0.1, -0.05) is 34.1 Å². The summed E-state index contributed by atoms with van der Waals surface area (Å²) in [6.45, 7) is 4.49. The standard InChI is InChI=1S/C17H16BrFO2/c1-17(2)9-11-4-3-5-15(16(11)21-17)20-10-12-6-7-13(19)8-14(12)18/h3-8H,9-10H2,1-2H3. The zero-order chi connectivity index (χ0) is 15.0. The highest BCUT2D eigenvalue weighted by Gasteiger charge is 2.32. The number of hydrogen-bond donors (Lipinski definition) is 0. The van der Waals surface area contributed by atoms with Gasteiger partial charge in [-0.2, -0.15) is 0 Å². The van der Waals surface area contributed by atoms with Crippen LogP contribution in [0.1, 0.15) is 25.0 Å². The quantitative estimate of drug-likeness (QED) is 0.785. The van der Waals surface area contributed by atoms with Gasteiger partial charge in [0.2, 0.25) is 0 Å². The Hall–Kier alpha value is -1.55. The third kappa shape index (κ3) is 3.05. The predicted octanol–water partition coefficient (Wildman–Crippen LogP) is 4.88. The van der Waals surface area contributed by atoms with Crippen LogP contribution in [0.5, 0.6) is 11.5 Å². The van der Waals surface area contributed by atoms with Gasteiger partial charge in [-0.15, -0.1) is 0 Å². The smallest absolute Gasteiger partial charge is 0.165 e. The molecule has 0 saturated heterocycles. The first-order valence-corrected chi connectivity index (χ1v) is 7.61. The van der Waals surface area contributed by atoms with Crippen molar-refractivity contribution in [2.45, 2.75) is 32.5 Å². The molecule has 1 heterocycles. The molecule has 0 spiro atoms. The first kappa shape index (κ1) is 14.4. The molecule has 0 unspecified atom stereocenters. The van der Waals surface area contributed by atoms with E-state index in [1.54, 1.807) is 6.07 Å². The van der Waals surface area contributed by atoms with Crippen LogP contribution >= 0.6 is 15.9 Å². The van der Waals surface area contributed by atoms with Crippen molar-refractivity contribution < 1.29 is 13.9 Å². The molecule has 2 nitrogen and oxygen atoms in total. The van der Waals surface area contributed by atoms with Gasteiger partial charge >= 0.3 is 0 Å². The summed E-state index contributed by atoms with van der Waals surface area (Å²) in [5, 5.41) is 0. The molecule has 0 radical (unpaired) electrons. The molecule has 0 aliphatic carbocycles. The zero-order valence-corrected chi connectivity index (χ0v) is 13.5. The summed E-state index contributed by atoms with van der Waals surface area (Å²) in [6, 6.07) is 10.5. The van der Waals surface area contributed by atoms with E-state index in [9.17, 15) is 4.39 Å². The Morgan fingerprint density at radius 3 is 2.86 bits per heavy atom. The van der Waals surface area contributed by atoms with Gasteiger partial charge in [0.25, 0.3) is 0 Å². The molecule has 4 heteroatoms. The molecule has 0 amide bonds. The normalized spacial score (nSPS) is 15.4. The second-order valence-corrected chi connectivity index (χ2v) is 6.66. The Kier molecular flexibility index (Phi) is 3.66. The second-order valence-electron chi connectivity index (χ2n) is 5.81. The molecule has 0 fully saturated rings. The Labute approximate surface area is 132 Å². The lowest BCUT2D eigenvalue weighted by Gasteiger charge is -2.18. The van der Waals surface area contributed by atoms with Crippen LogP contribution in [0.4, 0.5) is 4.39 Å². The molecule has 3 rings (SSSR count). The summed E-state index contributed by atoms with van der Waals surface area (Å²) >= 11 is 3.35. The van der Waals surface area contributed by atoms with Crippen molar-refractivity contribution in [3.63, 3.8) is 0 Å². The van der Waals surface area contributed by atoms with E-state index in [4.69, 9.17) is 9.47 Å². The molecule has 0 bridgehead atoms. The van der Waals surface area contributed by atoms with E-state index in [0.717, 1.165) is 29.0 Å². The van der Waals surface area contributed by atoms with Gasteiger partial charge in [0, 0.05) is 22.0 Å². The number of benzene rings is 2. The van der Waals surface area contributed by atoms with Crippen LogP contribution in [0, 0.1) is 5.82 Å². The maximum Gasteiger partial charge on any atom is 0.165 e. The molecule has 2 aromatic carbocycles. The molecule has 2 aromatic rings. The second kappa shape index (κ2) is 5.34. The first-order chi connectivity index (χ1) is 9.94. The summed E-state index contributed by atoms with van der Waals surface area (Å²) in [5.41, 5.74) is 1.86. The highest BCUT2D eigenvalue weighted by Crippen LogP contribution is 2.42. The number of hydrogen-bond acceptors (Lipinski definition) is 2. The van der Waals surface area contributed by atoms with E-state index in [1.807, 2.05) is 12.1 Å². The van der Waals surface area contributed by atoms with Crippen LogP contribution in [-0.2, 0) is 13.0 Å². The van der Waals surface area contributed by atoms with E-state index in [0.29, 0.717) is 11.1 Å². The summed E-state index contributed by atoms with van der Waals surface area (Å²) in [7, 11) is 0. The van der Waals surface area contributed by atoms with Crippen LogP contribution in [-0.4, -0.2) is 5.60 Å². The van der Waals surface area contributed by atoms with Gasteiger partial charge in [-0.25, -0.2) is 4.39 Å². The van der Waals surface area contributed by atoms with E-state index in [-0.39, 0.29) is 11.4 Å². The highest BCUT2D eigenvalue weighted by molar-refractivity contribution is 9.10. The highest BCUT2D eigenvalue weighted by atomic mass is 79.9. The molecule has 110 valence electrons. The van der Waals surface area contributed by atoms with E-state index in [1.165, 1.54) is 12.1 Å². The monoisotopic (exact) mass is 350 g/mol. The van der Waals surface area contributed by atoms with Crippen LogP contribution in [0.2, 0.25) is 0 Å². The number of para-hydroxylation sites is 1. The minimum Gasteiger partial charge on any atom is -0.485 e. The topological polar surface area (TPSA) is 18.5 Å². The SMILES string of the molecule is CC1(C)Cc2cccc(OCc3ccc(F)cc3Br)c2O1. The summed E-state index contributed by atoms with van der Waals surface area (Å²) in [4.78, 5) is 0. The van der Waals surface area contributed by atoms with Crippen molar-refractivity contribution in [3.8, 4) is 11.5 Å². The Bertz CT molecular complexity index is 682. The maximum atomic E-state index is 13.1. The van der Waals surface area contributed by atoms with Crippen LogP contribution in [0.25, 0.3) is 0 Å². The number of ether oxygens (including phenoxy) is 2. The molecule has 0 aromatic heterocycles. The first-order valence-electron chi connectivity index (χ1n) is 6.82. The minimum absolute atomic E-state index is 0.196. The largest absolute Gasteiger partial charge is 0.485 e. The molecular weight excluding hydrogens is 335 g/mol. The average Bonchev–Trinajstić information content (AvgIpc) is 2.72. The average molecular weight is 351 g/mol. The molecule has 1 aliphatic rings. The third-order valence-corrected chi connectivity index (χ3v) is 4.19. The van der Waals surface area contributed by atoms with E-state index >= 15 is 0 Å². The molecule has 1 aliphatic heterocycles. The predicted molar refractivity (Wildman–Crippen MR) is 83.3 cm³/mol. The molecular formula is C17H16BrFO2. The number of rotatable bonds is 3. The minimum atomic E-state index is -0.267. The molecule has 0 saturated carbocycles. The fraction of sp³-hybridized carbons (Fsp3) is 0.294. The molecule has 0 N–H and O–H groups in total. The van der Waals surface area contributed by atoms with Gasteiger partial charge in [0.15, 0.2) is 11.5 Å². The van der Waals surface area contributed by atoms with Gasteiger partial charge in [0.1, 0.15) is 18.0 Å². The van der Waals surface area contributed by atoms with Crippen molar-refractivity contribution in [3.05, 3.63) is 57.8 Å². The van der Waals surface area contributed by atoms with Crippen LogP contribution in [0.3, 0.4) is 0 Å².